The fraction of sp³-hybridized carbons (Fsp3) is 0.381. The third kappa shape index (κ3) is 5.43. The molecule has 1 heterocycles. The van der Waals surface area contributed by atoms with E-state index in [0.29, 0.717) is 13.1 Å². The minimum Gasteiger partial charge on any atom is -0.493 e. The Labute approximate surface area is 182 Å². The van der Waals surface area contributed by atoms with Crippen LogP contribution in [0.1, 0.15) is 24.0 Å². The number of hydrogen-bond acceptors (Lipinski definition) is 4. The van der Waals surface area contributed by atoms with Gasteiger partial charge in [0, 0.05) is 25.7 Å². The van der Waals surface area contributed by atoms with Crippen molar-refractivity contribution in [2.45, 2.75) is 25.9 Å². The van der Waals surface area contributed by atoms with Crippen LogP contribution in [-0.2, 0) is 13.1 Å². The molecule has 1 aliphatic heterocycles. The second kappa shape index (κ2) is 9.86. The highest BCUT2D eigenvalue weighted by atomic mass is 127. The minimum atomic E-state index is 0. The fourth-order valence-electron chi connectivity index (χ4n) is 2.92. The summed E-state index contributed by atoms with van der Waals surface area (Å²) in [5, 5.41) is 6.68. The molecule has 0 aromatic heterocycles. The maximum atomic E-state index is 5.97. The van der Waals surface area contributed by atoms with E-state index in [0.717, 1.165) is 46.9 Å². The van der Waals surface area contributed by atoms with Crippen LogP contribution in [0.3, 0.4) is 0 Å². The van der Waals surface area contributed by atoms with Gasteiger partial charge in [-0.15, -0.1) is 24.0 Å². The number of nitrogens with zero attached hydrogens (tertiary/aromatic N) is 1. The first-order valence-corrected chi connectivity index (χ1v) is 9.35. The van der Waals surface area contributed by atoms with E-state index in [9.17, 15) is 0 Å². The number of aliphatic imine (C=N–C) groups is 1. The van der Waals surface area contributed by atoms with E-state index in [1.54, 1.807) is 7.05 Å². The largest absolute Gasteiger partial charge is 0.493 e. The molecule has 0 atom stereocenters. The third-order valence-electron chi connectivity index (χ3n) is 4.71. The number of guanidine groups is 1. The molecule has 4 rings (SSSR count). The molecule has 28 heavy (non-hydrogen) atoms. The monoisotopic (exact) mass is 495 g/mol. The van der Waals surface area contributed by atoms with E-state index in [1.165, 1.54) is 12.8 Å². The molecule has 1 saturated carbocycles. The molecule has 0 radical (unpaired) electrons. The van der Waals surface area contributed by atoms with Gasteiger partial charge in [-0.1, -0.05) is 24.3 Å². The number of benzene rings is 2. The molecule has 6 nitrogen and oxygen atoms in total. The Morgan fingerprint density at radius 2 is 1.86 bits per heavy atom. The zero-order chi connectivity index (χ0) is 18.5. The summed E-state index contributed by atoms with van der Waals surface area (Å²) in [6, 6.07) is 14.1. The molecule has 2 aromatic carbocycles. The molecule has 0 saturated heterocycles. The van der Waals surface area contributed by atoms with Gasteiger partial charge in [0.1, 0.15) is 5.75 Å². The molecule has 2 aliphatic rings. The van der Waals surface area contributed by atoms with Crippen LogP contribution in [0.5, 0.6) is 17.2 Å². The number of halogens is 1. The van der Waals surface area contributed by atoms with Gasteiger partial charge in [-0.3, -0.25) is 4.99 Å². The molecular weight excluding hydrogens is 469 g/mol. The van der Waals surface area contributed by atoms with E-state index >= 15 is 0 Å². The minimum absolute atomic E-state index is 0. The first-order chi connectivity index (χ1) is 13.3. The van der Waals surface area contributed by atoms with Gasteiger partial charge in [0.25, 0.3) is 0 Å². The van der Waals surface area contributed by atoms with Gasteiger partial charge in [0.15, 0.2) is 17.5 Å². The molecule has 0 bridgehead atoms. The second-order valence-corrected chi connectivity index (χ2v) is 6.83. The average molecular weight is 495 g/mol. The van der Waals surface area contributed by atoms with Crippen LogP contribution in [0.25, 0.3) is 0 Å². The van der Waals surface area contributed by atoms with Crippen molar-refractivity contribution >= 4 is 29.9 Å². The van der Waals surface area contributed by atoms with Gasteiger partial charge in [0.05, 0.1) is 6.61 Å². The van der Waals surface area contributed by atoms with Crippen LogP contribution in [0.2, 0.25) is 0 Å². The summed E-state index contributed by atoms with van der Waals surface area (Å²) in [5.41, 5.74) is 2.24. The number of para-hydroxylation sites is 1. The van der Waals surface area contributed by atoms with Crippen molar-refractivity contribution < 1.29 is 14.2 Å². The molecular formula is C21H26IN3O3. The van der Waals surface area contributed by atoms with Gasteiger partial charge in [-0.05, 0) is 42.5 Å². The maximum Gasteiger partial charge on any atom is 0.231 e. The fourth-order valence-corrected chi connectivity index (χ4v) is 2.92. The molecule has 0 spiro atoms. The van der Waals surface area contributed by atoms with Crippen molar-refractivity contribution in [2.75, 3.05) is 20.4 Å². The zero-order valence-electron chi connectivity index (χ0n) is 15.9. The summed E-state index contributed by atoms with van der Waals surface area (Å²) in [7, 11) is 1.77. The Hall–Kier alpha value is -2.16. The van der Waals surface area contributed by atoms with E-state index in [-0.39, 0.29) is 30.8 Å². The summed E-state index contributed by atoms with van der Waals surface area (Å²) in [5.74, 6) is 4.01. The normalized spacial score (nSPS) is 15.0. The third-order valence-corrected chi connectivity index (χ3v) is 4.71. The van der Waals surface area contributed by atoms with Crippen molar-refractivity contribution in [1.82, 2.24) is 10.6 Å². The SMILES string of the molecule is CN=C(NCc1ccc2c(c1)OCO2)NCc1ccccc1OCC1CC1.I. The van der Waals surface area contributed by atoms with Crippen molar-refractivity contribution in [3.63, 3.8) is 0 Å². The highest BCUT2D eigenvalue weighted by Crippen LogP contribution is 2.32. The maximum absolute atomic E-state index is 5.97. The molecule has 1 aliphatic carbocycles. The number of nitrogens with one attached hydrogen (secondary N) is 2. The van der Waals surface area contributed by atoms with Gasteiger partial charge in [-0.2, -0.15) is 0 Å². The zero-order valence-corrected chi connectivity index (χ0v) is 18.3. The Morgan fingerprint density at radius 1 is 1.07 bits per heavy atom. The molecule has 0 amide bonds. The van der Waals surface area contributed by atoms with Gasteiger partial charge < -0.3 is 24.8 Å². The van der Waals surface area contributed by atoms with Gasteiger partial charge in [-0.25, -0.2) is 0 Å². The van der Waals surface area contributed by atoms with E-state index in [2.05, 4.69) is 21.7 Å². The average Bonchev–Trinajstić information content (AvgIpc) is 3.42. The van der Waals surface area contributed by atoms with E-state index in [1.807, 2.05) is 36.4 Å². The van der Waals surface area contributed by atoms with Gasteiger partial charge >= 0.3 is 0 Å². The van der Waals surface area contributed by atoms with Crippen LogP contribution < -0.4 is 24.8 Å². The Morgan fingerprint density at radius 3 is 2.68 bits per heavy atom. The summed E-state index contributed by atoms with van der Waals surface area (Å²) in [4.78, 5) is 4.30. The van der Waals surface area contributed by atoms with Crippen LogP contribution in [-0.4, -0.2) is 26.4 Å². The molecule has 2 N–H and O–H groups in total. The van der Waals surface area contributed by atoms with E-state index < -0.39 is 0 Å². The lowest BCUT2D eigenvalue weighted by Gasteiger charge is -2.15. The summed E-state index contributed by atoms with van der Waals surface area (Å²) in [6.07, 6.45) is 2.58. The number of fused-ring (bicyclic) bond motifs is 1. The predicted molar refractivity (Wildman–Crippen MR) is 120 cm³/mol. The van der Waals surface area contributed by atoms with Crippen molar-refractivity contribution in [3.05, 3.63) is 53.6 Å². The van der Waals surface area contributed by atoms with Crippen LogP contribution in [0, 0.1) is 5.92 Å². The van der Waals surface area contributed by atoms with Crippen LogP contribution in [0.15, 0.2) is 47.5 Å². The van der Waals surface area contributed by atoms with Crippen molar-refractivity contribution in [3.8, 4) is 17.2 Å². The molecule has 0 unspecified atom stereocenters. The first kappa shape index (κ1) is 20.6. The smallest absolute Gasteiger partial charge is 0.231 e. The van der Waals surface area contributed by atoms with E-state index in [4.69, 9.17) is 14.2 Å². The lowest BCUT2D eigenvalue weighted by molar-refractivity contribution is 0.174. The predicted octanol–water partition coefficient (Wildman–Crippen LogP) is 3.69. The summed E-state index contributed by atoms with van der Waals surface area (Å²) < 4.78 is 16.7. The Bertz CT molecular complexity index is 824. The van der Waals surface area contributed by atoms with Gasteiger partial charge in [0.2, 0.25) is 6.79 Å². The highest BCUT2D eigenvalue weighted by molar-refractivity contribution is 14.0. The Kier molecular flexibility index (Phi) is 7.24. The van der Waals surface area contributed by atoms with Crippen LogP contribution in [0.4, 0.5) is 0 Å². The molecule has 7 heteroatoms. The van der Waals surface area contributed by atoms with Crippen molar-refractivity contribution in [2.24, 2.45) is 10.9 Å². The molecule has 150 valence electrons. The Balaban J connectivity index is 0.00000225. The molecule has 1 fully saturated rings. The van der Waals surface area contributed by atoms with Crippen molar-refractivity contribution in [1.29, 1.82) is 0 Å². The summed E-state index contributed by atoms with van der Waals surface area (Å²) in [6.45, 7) is 2.41. The molecule has 2 aromatic rings. The topological polar surface area (TPSA) is 64.1 Å². The summed E-state index contributed by atoms with van der Waals surface area (Å²) >= 11 is 0. The number of rotatable bonds is 7. The number of ether oxygens (including phenoxy) is 3. The second-order valence-electron chi connectivity index (χ2n) is 6.83. The standard InChI is InChI=1S/C21H25N3O3.HI/c1-22-21(23-11-16-8-9-19-20(10-16)27-14-26-19)24-12-17-4-2-3-5-18(17)25-13-15-6-7-15;/h2-5,8-10,15H,6-7,11-14H2,1H3,(H2,22,23,24);1H. The lowest BCUT2D eigenvalue weighted by atomic mass is 10.2. The number of hydrogen-bond donors (Lipinski definition) is 2. The highest BCUT2D eigenvalue weighted by Gasteiger charge is 2.22. The lowest BCUT2D eigenvalue weighted by Crippen LogP contribution is -2.36. The first-order valence-electron chi connectivity index (χ1n) is 9.35. The van der Waals surface area contributed by atoms with Crippen LogP contribution >= 0.6 is 24.0 Å². The quantitative estimate of drug-likeness (QED) is 0.349.